The van der Waals surface area contributed by atoms with Crippen molar-refractivity contribution in [2.24, 2.45) is 0 Å². The topological polar surface area (TPSA) is 31.0 Å². The maximum Gasteiger partial charge on any atom is 0.198 e. The van der Waals surface area contributed by atoms with Gasteiger partial charge in [0.1, 0.15) is 6.10 Å². The smallest absolute Gasteiger partial charge is 0.198 e. The van der Waals surface area contributed by atoms with Gasteiger partial charge in [0.15, 0.2) is 6.29 Å². The predicted octanol–water partition coefficient (Wildman–Crippen LogP) is 2.47. The van der Waals surface area contributed by atoms with Crippen molar-refractivity contribution in [1.82, 2.24) is 0 Å². The highest BCUT2D eigenvalue weighted by molar-refractivity contribution is 4.68. The van der Waals surface area contributed by atoms with Crippen LogP contribution in [0.1, 0.15) is 32.6 Å². The summed E-state index contributed by atoms with van der Waals surface area (Å²) < 4.78 is 15.8. The van der Waals surface area contributed by atoms with Gasteiger partial charge in [0.2, 0.25) is 0 Å². The second-order valence-electron chi connectivity index (χ2n) is 3.52. The Kier molecular flexibility index (Phi) is 5.64. The summed E-state index contributed by atoms with van der Waals surface area (Å²) in [5.41, 5.74) is 0. The minimum atomic E-state index is -0.136. The Labute approximate surface area is 86.0 Å². The third-order valence-corrected chi connectivity index (χ3v) is 2.16. The first-order valence-corrected chi connectivity index (χ1v) is 5.36. The Hall–Kier alpha value is -0.540. The van der Waals surface area contributed by atoms with E-state index in [0.29, 0.717) is 12.7 Å². The Bertz CT molecular complexity index is 155. The second kappa shape index (κ2) is 6.85. The van der Waals surface area contributed by atoms with E-state index >= 15 is 0 Å². The van der Waals surface area contributed by atoms with E-state index in [9.17, 15) is 0 Å². The molecule has 3 nitrogen and oxygen atoms in total. The first-order valence-electron chi connectivity index (χ1n) is 5.36. The van der Waals surface area contributed by atoms with Crippen LogP contribution in [0.3, 0.4) is 0 Å². The van der Waals surface area contributed by atoms with Crippen LogP contribution in [0.15, 0.2) is 12.8 Å². The van der Waals surface area contributed by atoms with Gasteiger partial charge >= 0.3 is 0 Å². The molecule has 0 spiro atoms. The Morgan fingerprint density at radius 1 is 1.57 bits per heavy atom. The van der Waals surface area contributed by atoms with E-state index in [1.807, 2.05) is 0 Å². The Morgan fingerprint density at radius 2 is 2.36 bits per heavy atom. The van der Waals surface area contributed by atoms with Crippen LogP contribution in [0.2, 0.25) is 0 Å². The van der Waals surface area contributed by atoms with Gasteiger partial charge < -0.3 is 14.2 Å². The fourth-order valence-electron chi connectivity index (χ4n) is 1.24. The molecule has 1 heterocycles. The maximum absolute atomic E-state index is 5.53. The normalized spacial score (nSPS) is 21.6. The van der Waals surface area contributed by atoms with Crippen molar-refractivity contribution in [1.29, 1.82) is 0 Å². The van der Waals surface area contributed by atoms with Gasteiger partial charge in [0, 0.05) is 6.42 Å². The zero-order chi connectivity index (χ0) is 10.2. The van der Waals surface area contributed by atoms with Gasteiger partial charge in [0.05, 0.1) is 19.5 Å². The summed E-state index contributed by atoms with van der Waals surface area (Å²) in [5.74, 6) is 0. The molecular weight excluding hydrogens is 180 g/mol. The third-order valence-electron chi connectivity index (χ3n) is 2.16. The summed E-state index contributed by atoms with van der Waals surface area (Å²) in [5, 5.41) is 0. The molecule has 0 aromatic carbocycles. The van der Waals surface area contributed by atoms with E-state index in [2.05, 4.69) is 13.5 Å². The lowest BCUT2D eigenvalue weighted by Crippen LogP contribution is -2.17. The molecule has 3 heteroatoms. The molecule has 2 atom stereocenters. The highest BCUT2D eigenvalue weighted by atomic mass is 16.7. The van der Waals surface area contributed by atoms with Crippen LogP contribution in [-0.4, -0.2) is 25.6 Å². The molecule has 14 heavy (non-hydrogen) atoms. The average Bonchev–Trinajstić information content (AvgIpc) is 2.98. The minimum Gasteiger partial charge on any atom is -0.473 e. The van der Waals surface area contributed by atoms with Crippen molar-refractivity contribution in [2.45, 2.75) is 45.0 Å². The summed E-state index contributed by atoms with van der Waals surface area (Å²) in [4.78, 5) is 0. The maximum atomic E-state index is 5.53. The summed E-state index contributed by atoms with van der Waals surface area (Å²) in [6.45, 7) is 7.19. The SMILES string of the molecule is C=COC(CCCCC)OCC1CO1. The number of ether oxygens (including phenoxy) is 3. The first-order chi connectivity index (χ1) is 6.86. The lowest BCUT2D eigenvalue weighted by Gasteiger charge is -2.16. The van der Waals surface area contributed by atoms with Gasteiger partial charge in [-0.05, 0) is 6.42 Å². The lowest BCUT2D eigenvalue weighted by molar-refractivity contribution is -0.114. The van der Waals surface area contributed by atoms with Gasteiger partial charge in [-0.2, -0.15) is 0 Å². The number of unbranched alkanes of at least 4 members (excludes halogenated alkanes) is 2. The van der Waals surface area contributed by atoms with Crippen LogP contribution in [0.25, 0.3) is 0 Å². The first kappa shape index (κ1) is 11.5. The fraction of sp³-hybridized carbons (Fsp3) is 0.818. The standard InChI is InChI=1S/C11H20O3/c1-3-5-6-7-11(12-4-2)14-9-10-8-13-10/h4,10-11H,2-3,5-9H2,1H3. The third kappa shape index (κ3) is 5.25. The highest BCUT2D eigenvalue weighted by Crippen LogP contribution is 2.13. The summed E-state index contributed by atoms with van der Waals surface area (Å²) >= 11 is 0. The highest BCUT2D eigenvalue weighted by Gasteiger charge is 2.24. The number of epoxide rings is 1. The van der Waals surface area contributed by atoms with Crippen LogP contribution < -0.4 is 0 Å². The van der Waals surface area contributed by atoms with E-state index in [-0.39, 0.29) is 6.29 Å². The van der Waals surface area contributed by atoms with Gasteiger partial charge in [0.25, 0.3) is 0 Å². The second-order valence-corrected chi connectivity index (χ2v) is 3.52. The molecule has 82 valence electrons. The molecule has 0 aromatic heterocycles. The quantitative estimate of drug-likeness (QED) is 0.248. The molecule has 1 aliphatic heterocycles. The minimum absolute atomic E-state index is 0.136. The largest absolute Gasteiger partial charge is 0.473 e. The summed E-state index contributed by atoms with van der Waals surface area (Å²) in [7, 11) is 0. The van der Waals surface area contributed by atoms with Gasteiger partial charge in [-0.3, -0.25) is 0 Å². The molecule has 1 rings (SSSR count). The van der Waals surface area contributed by atoms with Crippen LogP contribution in [0.4, 0.5) is 0 Å². The van der Waals surface area contributed by atoms with E-state index in [4.69, 9.17) is 14.2 Å². The van der Waals surface area contributed by atoms with Gasteiger partial charge in [-0.15, -0.1) is 0 Å². The monoisotopic (exact) mass is 200 g/mol. The molecule has 2 unspecified atom stereocenters. The fourth-order valence-corrected chi connectivity index (χ4v) is 1.24. The Morgan fingerprint density at radius 3 is 2.93 bits per heavy atom. The van der Waals surface area contributed by atoms with Crippen molar-refractivity contribution >= 4 is 0 Å². The number of hydrogen-bond acceptors (Lipinski definition) is 3. The van der Waals surface area contributed by atoms with Crippen molar-refractivity contribution < 1.29 is 14.2 Å². The van der Waals surface area contributed by atoms with E-state index in [1.165, 1.54) is 19.1 Å². The summed E-state index contributed by atoms with van der Waals surface area (Å²) in [6, 6.07) is 0. The molecule has 1 aliphatic rings. The zero-order valence-electron chi connectivity index (χ0n) is 8.91. The number of rotatable bonds is 9. The van der Waals surface area contributed by atoms with E-state index < -0.39 is 0 Å². The number of hydrogen-bond donors (Lipinski definition) is 0. The molecule has 1 fully saturated rings. The Balaban J connectivity index is 2.05. The lowest BCUT2D eigenvalue weighted by atomic mass is 10.2. The molecule has 0 aromatic rings. The van der Waals surface area contributed by atoms with Crippen LogP contribution in [-0.2, 0) is 14.2 Å². The molecule has 0 N–H and O–H groups in total. The van der Waals surface area contributed by atoms with E-state index in [1.54, 1.807) is 0 Å². The molecule has 0 amide bonds. The van der Waals surface area contributed by atoms with Crippen LogP contribution in [0, 0.1) is 0 Å². The predicted molar refractivity (Wildman–Crippen MR) is 54.9 cm³/mol. The molecular formula is C11H20O3. The summed E-state index contributed by atoms with van der Waals surface area (Å²) in [6.07, 6.45) is 6.13. The van der Waals surface area contributed by atoms with Gasteiger partial charge in [-0.1, -0.05) is 26.3 Å². The molecule has 1 saturated heterocycles. The average molecular weight is 200 g/mol. The van der Waals surface area contributed by atoms with E-state index in [0.717, 1.165) is 19.4 Å². The van der Waals surface area contributed by atoms with Gasteiger partial charge in [-0.25, -0.2) is 0 Å². The van der Waals surface area contributed by atoms with Crippen LogP contribution in [0.5, 0.6) is 0 Å². The van der Waals surface area contributed by atoms with Crippen molar-refractivity contribution in [3.05, 3.63) is 12.8 Å². The molecule has 0 bridgehead atoms. The van der Waals surface area contributed by atoms with Crippen molar-refractivity contribution in [3.8, 4) is 0 Å². The molecule has 0 radical (unpaired) electrons. The molecule has 0 aliphatic carbocycles. The van der Waals surface area contributed by atoms with Crippen molar-refractivity contribution in [3.63, 3.8) is 0 Å². The zero-order valence-corrected chi connectivity index (χ0v) is 8.91. The molecule has 0 saturated carbocycles. The van der Waals surface area contributed by atoms with Crippen molar-refractivity contribution in [2.75, 3.05) is 13.2 Å². The van der Waals surface area contributed by atoms with Crippen LogP contribution >= 0.6 is 0 Å².